The monoisotopic (exact) mass is 366 g/mol. The summed E-state index contributed by atoms with van der Waals surface area (Å²) in [7, 11) is 0. The second kappa shape index (κ2) is 6.83. The van der Waals surface area contributed by atoms with Crippen molar-refractivity contribution < 1.29 is 0 Å². The van der Waals surface area contributed by atoms with Gasteiger partial charge in [0.2, 0.25) is 0 Å². The lowest BCUT2D eigenvalue weighted by Crippen LogP contribution is -1.87. The molecule has 5 rings (SSSR count). The summed E-state index contributed by atoms with van der Waals surface area (Å²) in [4.78, 5) is 2.93. The lowest BCUT2D eigenvalue weighted by Gasteiger charge is -2.09. The normalized spacial score (nSPS) is 13.0. The number of rotatable bonds is 4. The van der Waals surface area contributed by atoms with Gasteiger partial charge in [-0.1, -0.05) is 67.9 Å². The van der Waals surface area contributed by atoms with Gasteiger partial charge in [-0.15, -0.1) is 11.3 Å². The zero-order chi connectivity index (χ0) is 18.2. The van der Waals surface area contributed by atoms with E-state index >= 15 is 0 Å². The molecule has 4 aromatic rings. The molecule has 1 aliphatic carbocycles. The fraction of sp³-hybridized carbons (Fsp3) is 0.154. The minimum absolute atomic E-state index is 1.04. The van der Waals surface area contributed by atoms with Crippen LogP contribution in [0.25, 0.3) is 33.5 Å². The number of hydrogen-bond acceptors (Lipinski definition) is 1. The van der Waals surface area contributed by atoms with Gasteiger partial charge in [-0.05, 0) is 75.7 Å². The second-order valence-corrected chi connectivity index (χ2v) is 8.47. The van der Waals surface area contributed by atoms with Gasteiger partial charge in [-0.2, -0.15) is 0 Å². The van der Waals surface area contributed by atoms with E-state index in [2.05, 4.69) is 85.8 Å². The van der Waals surface area contributed by atoms with Crippen molar-refractivity contribution in [2.45, 2.75) is 26.2 Å². The van der Waals surface area contributed by atoms with Gasteiger partial charge in [0.15, 0.2) is 0 Å². The molecule has 0 saturated heterocycles. The maximum atomic E-state index is 2.42. The first kappa shape index (κ1) is 16.5. The van der Waals surface area contributed by atoms with Crippen LogP contribution in [0.5, 0.6) is 0 Å². The fourth-order valence-electron chi connectivity index (χ4n) is 4.07. The van der Waals surface area contributed by atoms with Crippen LogP contribution in [0.4, 0.5) is 0 Å². The molecule has 1 aromatic heterocycles. The van der Waals surface area contributed by atoms with E-state index in [1.165, 1.54) is 61.2 Å². The molecule has 0 nitrogen and oxygen atoms in total. The van der Waals surface area contributed by atoms with Crippen molar-refractivity contribution >= 4 is 33.8 Å². The lowest BCUT2D eigenvalue weighted by atomic mass is 9.95. The maximum Gasteiger partial charge on any atom is 0.0308 e. The van der Waals surface area contributed by atoms with Gasteiger partial charge < -0.3 is 0 Å². The molecule has 3 aromatic carbocycles. The highest BCUT2D eigenvalue weighted by Crippen LogP contribution is 2.40. The summed E-state index contributed by atoms with van der Waals surface area (Å²) >= 11 is 1.96. The minimum Gasteiger partial charge on any atom is -0.141 e. The topological polar surface area (TPSA) is 0 Å². The lowest BCUT2D eigenvalue weighted by molar-refractivity contribution is 0.940. The molecule has 0 unspecified atom stereocenters. The molecule has 0 radical (unpaired) electrons. The molecule has 0 atom stereocenters. The van der Waals surface area contributed by atoms with Gasteiger partial charge in [-0.3, -0.25) is 0 Å². The van der Waals surface area contributed by atoms with Crippen molar-refractivity contribution in [3.63, 3.8) is 0 Å². The van der Waals surface area contributed by atoms with Crippen molar-refractivity contribution in [2.75, 3.05) is 0 Å². The highest BCUT2D eigenvalue weighted by Gasteiger charge is 2.19. The average Bonchev–Trinajstić information content (AvgIpc) is 3.34. The van der Waals surface area contributed by atoms with Crippen LogP contribution >= 0.6 is 11.3 Å². The molecule has 132 valence electrons. The smallest absolute Gasteiger partial charge is 0.0308 e. The van der Waals surface area contributed by atoms with Crippen molar-refractivity contribution in [3.05, 3.63) is 93.7 Å². The molecular weight excluding hydrogens is 344 g/mol. The predicted molar refractivity (Wildman–Crippen MR) is 119 cm³/mol. The number of allylic oxidation sites excluding steroid dienone is 1. The van der Waals surface area contributed by atoms with Gasteiger partial charge in [0.1, 0.15) is 0 Å². The Hall–Kier alpha value is -2.64. The summed E-state index contributed by atoms with van der Waals surface area (Å²) in [6, 6.07) is 26.8. The molecule has 1 heterocycles. The van der Waals surface area contributed by atoms with Crippen molar-refractivity contribution in [3.8, 4) is 11.1 Å². The Bertz CT molecular complexity index is 1160. The third kappa shape index (κ3) is 3.02. The van der Waals surface area contributed by atoms with E-state index in [0.29, 0.717) is 0 Å². The van der Waals surface area contributed by atoms with E-state index in [4.69, 9.17) is 0 Å². The number of thiophene rings is 1. The van der Waals surface area contributed by atoms with E-state index in [1.54, 1.807) is 0 Å². The van der Waals surface area contributed by atoms with Crippen LogP contribution in [-0.2, 0) is 12.8 Å². The quantitative estimate of drug-likeness (QED) is 0.348. The van der Waals surface area contributed by atoms with Crippen LogP contribution in [0.2, 0.25) is 0 Å². The predicted octanol–water partition coefficient (Wildman–Crippen LogP) is 7.62. The molecule has 0 amide bonds. The van der Waals surface area contributed by atoms with Crippen LogP contribution < -0.4 is 0 Å². The first-order chi connectivity index (χ1) is 13.3. The van der Waals surface area contributed by atoms with Crippen LogP contribution in [0.15, 0.2) is 72.8 Å². The van der Waals surface area contributed by atoms with Crippen molar-refractivity contribution in [2.24, 2.45) is 0 Å². The Morgan fingerprint density at radius 3 is 2.63 bits per heavy atom. The second-order valence-electron chi connectivity index (χ2n) is 7.30. The van der Waals surface area contributed by atoms with E-state index in [1.807, 2.05) is 11.3 Å². The highest BCUT2D eigenvalue weighted by molar-refractivity contribution is 7.13. The molecule has 0 bridgehead atoms. The molecule has 27 heavy (non-hydrogen) atoms. The van der Waals surface area contributed by atoms with Gasteiger partial charge >= 0.3 is 0 Å². The fourth-order valence-corrected chi connectivity index (χ4v) is 5.19. The largest absolute Gasteiger partial charge is 0.141 e. The molecule has 0 spiro atoms. The summed E-state index contributed by atoms with van der Waals surface area (Å²) in [5, 5.41) is 2.60. The van der Waals surface area contributed by atoms with Crippen molar-refractivity contribution in [1.29, 1.82) is 0 Å². The van der Waals surface area contributed by atoms with Crippen LogP contribution in [0.1, 0.15) is 34.2 Å². The van der Waals surface area contributed by atoms with Gasteiger partial charge in [0.05, 0.1) is 0 Å². The van der Waals surface area contributed by atoms with E-state index in [9.17, 15) is 0 Å². The van der Waals surface area contributed by atoms with E-state index in [0.717, 1.165) is 6.42 Å². The number of benzene rings is 3. The van der Waals surface area contributed by atoms with Crippen LogP contribution in [-0.4, -0.2) is 0 Å². The standard InChI is InChI=1S/C26H22S/c1-2-6-23-13-14-26(27-23)22-16-20-9-5-10-24(25(20)17-22)21-12-11-18-7-3-4-8-19(18)15-21/h3-5,7-15,17H,2,6,16H2,1H3. The first-order valence-electron chi connectivity index (χ1n) is 9.72. The molecule has 1 aliphatic rings. The minimum atomic E-state index is 1.04. The van der Waals surface area contributed by atoms with Gasteiger partial charge in [0, 0.05) is 9.75 Å². The van der Waals surface area contributed by atoms with Crippen LogP contribution in [0, 0.1) is 0 Å². The third-order valence-corrected chi connectivity index (χ3v) is 6.65. The van der Waals surface area contributed by atoms with Gasteiger partial charge in [0.25, 0.3) is 0 Å². The van der Waals surface area contributed by atoms with E-state index < -0.39 is 0 Å². The molecule has 0 N–H and O–H groups in total. The Labute approximate surface area is 164 Å². The first-order valence-corrected chi connectivity index (χ1v) is 10.5. The molecule has 0 saturated carbocycles. The third-order valence-electron chi connectivity index (χ3n) is 5.43. The zero-order valence-electron chi connectivity index (χ0n) is 15.5. The molecular formula is C26H22S. The van der Waals surface area contributed by atoms with Crippen molar-refractivity contribution in [1.82, 2.24) is 0 Å². The number of hydrogen-bond donors (Lipinski definition) is 0. The number of fused-ring (bicyclic) bond motifs is 2. The Morgan fingerprint density at radius 1 is 0.852 bits per heavy atom. The summed E-state index contributed by atoms with van der Waals surface area (Å²) in [6.07, 6.45) is 5.86. The average molecular weight is 367 g/mol. The Balaban J connectivity index is 1.57. The summed E-state index contributed by atoms with van der Waals surface area (Å²) in [5.41, 5.74) is 6.96. The van der Waals surface area contributed by atoms with Crippen LogP contribution in [0.3, 0.4) is 0 Å². The SMILES string of the molecule is CCCc1ccc(C2=Cc3c(cccc3-c3ccc4ccccc4c3)C2)s1. The maximum absolute atomic E-state index is 2.42. The molecule has 1 heteroatoms. The summed E-state index contributed by atoms with van der Waals surface area (Å²) < 4.78 is 0. The Morgan fingerprint density at radius 2 is 1.74 bits per heavy atom. The van der Waals surface area contributed by atoms with E-state index in [-0.39, 0.29) is 0 Å². The highest BCUT2D eigenvalue weighted by atomic mass is 32.1. The molecule has 0 aliphatic heterocycles. The zero-order valence-corrected chi connectivity index (χ0v) is 16.4. The Kier molecular flexibility index (Phi) is 4.18. The summed E-state index contributed by atoms with van der Waals surface area (Å²) in [6.45, 7) is 2.25. The molecule has 0 fully saturated rings. The number of aryl methyl sites for hydroxylation is 1. The van der Waals surface area contributed by atoms with Gasteiger partial charge in [-0.25, -0.2) is 0 Å². The summed E-state index contributed by atoms with van der Waals surface area (Å²) in [5.74, 6) is 0.